The summed E-state index contributed by atoms with van der Waals surface area (Å²) in [6, 6.07) is 10.2. The monoisotopic (exact) mass is 297 g/mol. The number of carbonyl (C=O) groups is 1. The van der Waals surface area contributed by atoms with Gasteiger partial charge < -0.3 is 10.3 Å². The van der Waals surface area contributed by atoms with Gasteiger partial charge in [-0.15, -0.1) is 0 Å². The molecule has 0 aliphatic carbocycles. The van der Waals surface area contributed by atoms with Crippen molar-refractivity contribution in [1.82, 2.24) is 15.2 Å². The third kappa shape index (κ3) is 2.05. The fraction of sp³-hybridized carbons (Fsp3) is 0.500. The molecule has 116 valence electrons. The van der Waals surface area contributed by atoms with E-state index in [0.29, 0.717) is 11.6 Å². The van der Waals surface area contributed by atoms with Gasteiger partial charge >= 0.3 is 0 Å². The van der Waals surface area contributed by atoms with Crippen LogP contribution in [-0.2, 0) is 0 Å². The Bertz CT molecular complexity index is 677. The zero-order chi connectivity index (χ0) is 15.3. The average molecular weight is 297 g/mol. The molecule has 4 nitrogen and oxygen atoms in total. The van der Waals surface area contributed by atoms with Crippen LogP contribution in [0.4, 0.5) is 0 Å². The second-order valence-electron chi connectivity index (χ2n) is 7.20. The number of fused-ring (bicyclic) bond motifs is 4. The van der Waals surface area contributed by atoms with Crippen molar-refractivity contribution in [2.24, 2.45) is 5.92 Å². The molecule has 3 fully saturated rings. The number of rotatable bonds is 2. The molecule has 3 saturated heterocycles. The van der Waals surface area contributed by atoms with E-state index in [2.05, 4.69) is 29.0 Å². The van der Waals surface area contributed by atoms with Crippen molar-refractivity contribution in [2.75, 3.05) is 13.1 Å². The first kappa shape index (κ1) is 13.8. The van der Waals surface area contributed by atoms with E-state index in [9.17, 15) is 4.79 Å². The Kier molecular flexibility index (Phi) is 3.05. The maximum Gasteiger partial charge on any atom is 0.268 e. The summed E-state index contributed by atoms with van der Waals surface area (Å²) in [5.41, 5.74) is 1.72. The molecule has 1 aromatic heterocycles. The van der Waals surface area contributed by atoms with Crippen LogP contribution in [0.1, 0.15) is 37.2 Å². The van der Waals surface area contributed by atoms with Gasteiger partial charge in [0.1, 0.15) is 5.69 Å². The molecule has 3 aliphatic rings. The number of aromatic nitrogens is 1. The zero-order valence-electron chi connectivity index (χ0n) is 13.2. The van der Waals surface area contributed by atoms with E-state index in [-0.39, 0.29) is 17.5 Å². The van der Waals surface area contributed by atoms with Crippen LogP contribution in [0.3, 0.4) is 0 Å². The topological polar surface area (TPSA) is 48.1 Å². The lowest BCUT2D eigenvalue weighted by molar-refractivity contribution is -0.0378. The van der Waals surface area contributed by atoms with Crippen LogP contribution in [-0.4, -0.2) is 40.5 Å². The molecule has 4 heterocycles. The maximum absolute atomic E-state index is 12.7. The van der Waals surface area contributed by atoms with E-state index in [1.165, 1.54) is 12.8 Å². The summed E-state index contributed by atoms with van der Waals surface area (Å²) < 4.78 is 0. The predicted octanol–water partition coefficient (Wildman–Crippen LogP) is 2.77. The van der Waals surface area contributed by atoms with E-state index in [1.54, 1.807) is 0 Å². The van der Waals surface area contributed by atoms with Gasteiger partial charge in [0.25, 0.3) is 5.91 Å². The lowest BCUT2D eigenvalue weighted by atomic mass is 9.72. The van der Waals surface area contributed by atoms with Gasteiger partial charge in [-0.25, -0.2) is 0 Å². The number of carbonyl (C=O) groups excluding carboxylic acids is 1. The molecule has 0 spiro atoms. The molecule has 3 aliphatic heterocycles. The summed E-state index contributed by atoms with van der Waals surface area (Å²) in [5.74, 6) is 0.622. The van der Waals surface area contributed by atoms with Gasteiger partial charge in [-0.3, -0.25) is 9.69 Å². The van der Waals surface area contributed by atoms with Crippen LogP contribution >= 0.6 is 0 Å². The standard InChI is InChI=1S/C18H23N3O/c1-18(2)16(12-7-9-21(18)10-8-12)20-17(22)15-11-13-5-3-4-6-14(13)19-15/h3-6,11-12,16,19H,7-10H2,1-2H3,(H,20,22)/t16-/m1/s1. The Labute approximate surface area is 130 Å². The molecule has 5 rings (SSSR count). The molecular weight excluding hydrogens is 274 g/mol. The van der Waals surface area contributed by atoms with Crippen molar-refractivity contribution in [1.29, 1.82) is 0 Å². The molecule has 1 amide bonds. The minimum Gasteiger partial charge on any atom is -0.351 e. The highest BCUT2D eigenvalue weighted by atomic mass is 16.2. The van der Waals surface area contributed by atoms with Crippen LogP contribution in [0.5, 0.6) is 0 Å². The number of hydrogen-bond donors (Lipinski definition) is 2. The van der Waals surface area contributed by atoms with Crippen LogP contribution in [0.15, 0.2) is 30.3 Å². The number of H-pyrrole nitrogens is 1. The molecule has 2 bridgehead atoms. The number of hydrogen-bond acceptors (Lipinski definition) is 2. The van der Waals surface area contributed by atoms with E-state index < -0.39 is 0 Å². The molecule has 22 heavy (non-hydrogen) atoms. The average Bonchev–Trinajstić information content (AvgIpc) is 2.95. The molecule has 4 heteroatoms. The minimum atomic E-state index is 0.0167. The highest BCUT2D eigenvalue weighted by Gasteiger charge is 2.48. The largest absolute Gasteiger partial charge is 0.351 e. The molecule has 2 aromatic rings. The Morgan fingerprint density at radius 2 is 2.00 bits per heavy atom. The Morgan fingerprint density at radius 3 is 2.68 bits per heavy atom. The van der Waals surface area contributed by atoms with E-state index in [1.807, 2.05) is 30.3 Å². The predicted molar refractivity (Wildman–Crippen MR) is 87.9 cm³/mol. The van der Waals surface area contributed by atoms with Crippen molar-refractivity contribution < 1.29 is 4.79 Å². The van der Waals surface area contributed by atoms with Crippen LogP contribution in [0.2, 0.25) is 0 Å². The Hall–Kier alpha value is -1.81. The highest BCUT2D eigenvalue weighted by molar-refractivity contribution is 5.98. The lowest BCUT2D eigenvalue weighted by Crippen LogP contribution is -2.69. The van der Waals surface area contributed by atoms with Crippen LogP contribution in [0.25, 0.3) is 10.9 Å². The Morgan fingerprint density at radius 1 is 1.27 bits per heavy atom. The summed E-state index contributed by atoms with van der Waals surface area (Å²) in [7, 11) is 0. The van der Waals surface area contributed by atoms with Crippen LogP contribution in [0, 0.1) is 5.92 Å². The van der Waals surface area contributed by atoms with Crippen LogP contribution < -0.4 is 5.32 Å². The van der Waals surface area contributed by atoms with Crippen molar-refractivity contribution in [3.63, 3.8) is 0 Å². The van der Waals surface area contributed by atoms with Gasteiger partial charge in [-0.2, -0.15) is 0 Å². The van der Waals surface area contributed by atoms with E-state index >= 15 is 0 Å². The van der Waals surface area contributed by atoms with E-state index in [4.69, 9.17) is 0 Å². The summed E-state index contributed by atoms with van der Waals surface area (Å²) in [5, 5.41) is 4.39. The molecule has 0 saturated carbocycles. The fourth-order valence-corrected chi connectivity index (χ4v) is 4.29. The van der Waals surface area contributed by atoms with Crippen molar-refractivity contribution >= 4 is 16.8 Å². The van der Waals surface area contributed by atoms with Gasteiger partial charge in [0.05, 0.1) is 0 Å². The number of nitrogens with one attached hydrogen (secondary N) is 2. The molecule has 0 unspecified atom stereocenters. The third-order valence-corrected chi connectivity index (χ3v) is 5.65. The number of aromatic amines is 1. The first-order chi connectivity index (χ1) is 10.6. The first-order valence-corrected chi connectivity index (χ1v) is 8.19. The summed E-state index contributed by atoms with van der Waals surface area (Å²) in [4.78, 5) is 18.4. The second kappa shape index (κ2) is 4.85. The molecular formula is C18H23N3O. The van der Waals surface area contributed by atoms with Crippen molar-refractivity contribution in [3.8, 4) is 0 Å². The summed E-state index contributed by atoms with van der Waals surface area (Å²) in [6.07, 6.45) is 2.39. The maximum atomic E-state index is 12.7. The summed E-state index contributed by atoms with van der Waals surface area (Å²) >= 11 is 0. The second-order valence-corrected chi connectivity index (χ2v) is 7.20. The number of benzene rings is 1. The first-order valence-electron chi connectivity index (χ1n) is 8.19. The van der Waals surface area contributed by atoms with Gasteiger partial charge in [-0.1, -0.05) is 18.2 Å². The van der Waals surface area contributed by atoms with Gasteiger partial charge in [0, 0.05) is 22.5 Å². The SMILES string of the molecule is CC1(C)[C@H](NC(=O)c2cc3ccccc3[nH]2)C2CCN1CC2. The molecule has 2 N–H and O–H groups in total. The van der Waals surface area contributed by atoms with Gasteiger partial charge in [-0.05, 0) is 57.8 Å². The Balaban J connectivity index is 1.58. The quantitative estimate of drug-likeness (QED) is 0.895. The molecule has 0 radical (unpaired) electrons. The minimum absolute atomic E-state index is 0.0167. The highest BCUT2D eigenvalue weighted by Crippen LogP contribution is 2.39. The van der Waals surface area contributed by atoms with Gasteiger partial charge in [0.2, 0.25) is 0 Å². The normalized spacial score (nSPS) is 29.6. The summed E-state index contributed by atoms with van der Waals surface area (Å²) in [6.45, 7) is 6.84. The van der Waals surface area contributed by atoms with Crippen molar-refractivity contribution in [2.45, 2.75) is 38.3 Å². The molecule has 1 aromatic carbocycles. The number of piperidine rings is 3. The van der Waals surface area contributed by atoms with Gasteiger partial charge in [0.15, 0.2) is 0 Å². The van der Waals surface area contributed by atoms with E-state index in [0.717, 1.165) is 24.0 Å². The fourth-order valence-electron chi connectivity index (χ4n) is 4.29. The zero-order valence-corrected chi connectivity index (χ0v) is 13.2. The number of nitrogens with zero attached hydrogens (tertiary/aromatic N) is 1. The number of amides is 1. The molecule has 1 atom stereocenters. The number of para-hydroxylation sites is 1. The lowest BCUT2D eigenvalue weighted by Gasteiger charge is -2.56. The van der Waals surface area contributed by atoms with Crippen molar-refractivity contribution in [3.05, 3.63) is 36.0 Å². The smallest absolute Gasteiger partial charge is 0.268 e. The third-order valence-electron chi connectivity index (χ3n) is 5.65.